The third-order valence-electron chi connectivity index (χ3n) is 3.65. The second-order valence-corrected chi connectivity index (χ2v) is 6.02. The van der Waals surface area contributed by atoms with Gasteiger partial charge in [0.2, 0.25) is 0 Å². The molecule has 22 heavy (non-hydrogen) atoms. The highest BCUT2D eigenvalue weighted by Gasteiger charge is 2.29. The van der Waals surface area contributed by atoms with E-state index < -0.39 is 0 Å². The zero-order valence-corrected chi connectivity index (χ0v) is 13.6. The molecule has 1 aromatic heterocycles. The molecule has 0 unspecified atom stereocenters. The maximum Gasteiger partial charge on any atom is 0.254 e. The first-order valence-corrected chi connectivity index (χ1v) is 7.42. The first-order valence-electron chi connectivity index (χ1n) is 7.04. The van der Waals surface area contributed by atoms with Gasteiger partial charge in [0.25, 0.3) is 5.91 Å². The van der Waals surface area contributed by atoms with Crippen molar-refractivity contribution in [2.75, 3.05) is 19.0 Å². The van der Waals surface area contributed by atoms with E-state index in [9.17, 15) is 4.79 Å². The lowest BCUT2D eigenvalue weighted by Crippen LogP contribution is -2.25. The van der Waals surface area contributed by atoms with Crippen LogP contribution in [0, 0.1) is 6.92 Å². The van der Waals surface area contributed by atoms with Gasteiger partial charge in [-0.2, -0.15) is 0 Å². The largest absolute Gasteiger partial charge is 0.362 e. The molecule has 1 amide bonds. The Hall–Kier alpha value is -2.14. The van der Waals surface area contributed by atoms with Crippen LogP contribution in [0.3, 0.4) is 0 Å². The van der Waals surface area contributed by atoms with Crippen molar-refractivity contribution in [2.45, 2.75) is 20.0 Å². The van der Waals surface area contributed by atoms with Crippen LogP contribution in [0.1, 0.15) is 27.4 Å². The van der Waals surface area contributed by atoms with E-state index in [0.29, 0.717) is 23.7 Å². The number of aromatic nitrogens is 2. The van der Waals surface area contributed by atoms with Crippen LogP contribution in [-0.2, 0) is 13.1 Å². The number of carbonyl (C=O) groups excluding carboxylic acids is 1. The van der Waals surface area contributed by atoms with E-state index in [1.165, 1.54) is 0 Å². The van der Waals surface area contributed by atoms with Gasteiger partial charge in [-0.3, -0.25) is 4.79 Å². The first kappa shape index (κ1) is 14.8. The number of anilines is 1. The third kappa shape index (κ3) is 2.64. The van der Waals surface area contributed by atoms with Gasteiger partial charge in [-0.15, -0.1) is 0 Å². The lowest BCUT2D eigenvalue weighted by molar-refractivity contribution is 0.0750. The summed E-state index contributed by atoms with van der Waals surface area (Å²) in [5.41, 5.74) is 2.54. The maximum atomic E-state index is 12.6. The van der Waals surface area contributed by atoms with Crippen LogP contribution in [0.4, 0.5) is 5.82 Å². The van der Waals surface area contributed by atoms with Crippen LogP contribution in [0.15, 0.2) is 24.3 Å². The molecule has 5 nitrogen and oxygen atoms in total. The van der Waals surface area contributed by atoms with Gasteiger partial charge in [0, 0.05) is 30.2 Å². The van der Waals surface area contributed by atoms with Crippen molar-refractivity contribution >= 4 is 23.3 Å². The molecule has 1 aliphatic rings. The minimum Gasteiger partial charge on any atom is -0.362 e. The van der Waals surface area contributed by atoms with Gasteiger partial charge in [0.05, 0.1) is 18.8 Å². The molecule has 0 bridgehead atoms. The smallest absolute Gasteiger partial charge is 0.254 e. The second kappa shape index (κ2) is 5.57. The molecule has 0 radical (unpaired) electrons. The van der Waals surface area contributed by atoms with Gasteiger partial charge >= 0.3 is 0 Å². The van der Waals surface area contributed by atoms with E-state index in [0.717, 1.165) is 22.9 Å². The normalized spacial score (nSPS) is 13.2. The summed E-state index contributed by atoms with van der Waals surface area (Å²) < 4.78 is 0. The number of amides is 1. The standard InChI is InChI=1S/C16H17ClN4O/c1-10-18-14-9-21(8-13(14)15(19-10)20(2)3)16(22)11-5-4-6-12(17)7-11/h4-7H,8-9H2,1-3H3. The summed E-state index contributed by atoms with van der Waals surface area (Å²) in [6.45, 7) is 2.90. The molecule has 1 aromatic carbocycles. The average molecular weight is 317 g/mol. The Bertz CT molecular complexity index is 745. The van der Waals surface area contributed by atoms with Gasteiger partial charge in [0.1, 0.15) is 11.6 Å². The van der Waals surface area contributed by atoms with Gasteiger partial charge < -0.3 is 9.80 Å². The number of nitrogens with zero attached hydrogens (tertiary/aromatic N) is 4. The Morgan fingerprint density at radius 1 is 1.27 bits per heavy atom. The van der Waals surface area contributed by atoms with Crippen LogP contribution in [-0.4, -0.2) is 34.9 Å². The van der Waals surface area contributed by atoms with E-state index >= 15 is 0 Å². The second-order valence-electron chi connectivity index (χ2n) is 5.59. The van der Waals surface area contributed by atoms with Crippen molar-refractivity contribution in [2.24, 2.45) is 0 Å². The minimum absolute atomic E-state index is 0.0390. The van der Waals surface area contributed by atoms with Crippen LogP contribution in [0.5, 0.6) is 0 Å². The molecule has 114 valence electrons. The van der Waals surface area contributed by atoms with Crippen LogP contribution in [0.2, 0.25) is 5.02 Å². The summed E-state index contributed by atoms with van der Waals surface area (Å²) in [7, 11) is 3.90. The Balaban J connectivity index is 1.91. The molecule has 0 spiro atoms. The molecule has 3 rings (SSSR count). The summed E-state index contributed by atoms with van der Waals surface area (Å²) >= 11 is 5.97. The van der Waals surface area contributed by atoms with E-state index in [1.54, 1.807) is 29.2 Å². The average Bonchev–Trinajstić information content (AvgIpc) is 2.89. The molecule has 2 aromatic rings. The maximum absolute atomic E-state index is 12.6. The van der Waals surface area contributed by atoms with Crippen molar-refractivity contribution in [3.63, 3.8) is 0 Å². The Kier molecular flexibility index (Phi) is 3.74. The molecule has 0 aliphatic carbocycles. The summed E-state index contributed by atoms with van der Waals surface area (Å²) in [6.07, 6.45) is 0. The highest BCUT2D eigenvalue weighted by Crippen LogP contribution is 2.29. The minimum atomic E-state index is -0.0390. The first-order chi connectivity index (χ1) is 10.5. The van der Waals surface area contributed by atoms with E-state index in [4.69, 9.17) is 11.6 Å². The van der Waals surface area contributed by atoms with Crippen LogP contribution < -0.4 is 4.90 Å². The Morgan fingerprint density at radius 3 is 2.73 bits per heavy atom. The molecule has 0 atom stereocenters. The zero-order chi connectivity index (χ0) is 15.9. The molecule has 6 heteroatoms. The number of halogens is 1. The lowest BCUT2D eigenvalue weighted by Gasteiger charge is -2.17. The Labute approximate surface area is 134 Å². The summed E-state index contributed by atoms with van der Waals surface area (Å²) in [6, 6.07) is 7.02. The molecule has 1 aliphatic heterocycles. The number of hydrogen-bond donors (Lipinski definition) is 0. The highest BCUT2D eigenvalue weighted by molar-refractivity contribution is 6.30. The zero-order valence-electron chi connectivity index (χ0n) is 12.8. The van der Waals surface area contributed by atoms with Gasteiger partial charge in [-0.25, -0.2) is 9.97 Å². The van der Waals surface area contributed by atoms with Gasteiger partial charge in [0.15, 0.2) is 0 Å². The van der Waals surface area contributed by atoms with Crippen molar-refractivity contribution in [3.8, 4) is 0 Å². The van der Waals surface area contributed by atoms with Crippen molar-refractivity contribution in [3.05, 3.63) is 51.9 Å². The third-order valence-corrected chi connectivity index (χ3v) is 3.89. The van der Waals surface area contributed by atoms with E-state index in [1.807, 2.05) is 25.9 Å². The number of aryl methyl sites for hydroxylation is 1. The topological polar surface area (TPSA) is 49.3 Å². The molecular weight excluding hydrogens is 300 g/mol. The van der Waals surface area contributed by atoms with Gasteiger partial charge in [-0.1, -0.05) is 17.7 Å². The Morgan fingerprint density at radius 2 is 2.05 bits per heavy atom. The van der Waals surface area contributed by atoms with Gasteiger partial charge in [-0.05, 0) is 25.1 Å². The summed E-state index contributed by atoms with van der Waals surface area (Å²) in [4.78, 5) is 25.3. The fourth-order valence-electron chi connectivity index (χ4n) is 2.68. The fourth-order valence-corrected chi connectivity index (χ4v) is 2.87. The molecule has 0 fully saturated rings. The molecule has 0 saturated heterocycles. The molecular formula is C16H17ClN4O. The highest BCUT2D eigenvalue weighted by atomic mass is 35.5. The predicted octanol–water partition coefficient (Wildman–Crippen LogP) is 2.66. The summed E-state index contributed by atoms with van der Waals surface area (Å²) in [5, 5.41) is 0.562. The molecule has 0 saturated carbocycles. The summed E-state index contributed by atoms with van der Waals surface area (Å²) in [5.74, 6) is 1.56. The number of hydrogen-bond acceptors (Lipinski definition) is 4. The number of carbonyl (C=O) groups is 1. The number of fused-ring (bicyclic) bond motifs is 1. The van der Waals surface area contributed by atoms with Crippen LogP contribution >= 0.6 is 11.6 Å². The number of rotatable bonds is 2. The lowest BCUT2D eigenvalue weighted by atomic mass is 10.2. The van der Waals surface area contributed by atoms with E-state index in [2.05, 4.69) is 9.97 Å². The van der Waals surface area contributed by atoms with Crippen LogP contribution in [0.25, 0.3) is 0 Å². The van der Waals surface area contributed by atoms with Crippen molar-refractivity contribution < 1.29 is 4.79 Å². The quantitative estimate of drug-likeness (QED) is 0.854. The monoisotopic (exact) mass is 316 g/mol. The number of benzene rings is 1. The van der Waals surface area contributed by atoms with Crippen molar-refractivity contribution in [1.82, 2.24) is 14.9 Å². The molecule has 2 heterocycles. The fraction of sp³-hybridized carbons (Fsp3) is 0.312. The predicted molar refractivity (Wildman–Crippen MR) is 86.1 cm³/mol. The van der Waals surface area contributed by atoms with E-state index in [-0.39, 0.29) is 5.91 Å². The van der Waals surface area contributed by atoms with Crippen molar-refractivity contribution in [1.29, 1.82) is 0 Å². The molecule has 0 N–H and O–H groups in total. The SMILES string of the molecule is Cc1nc2c(c(N(C)C)n1)CN(C(=O)c1cccc(Cl)c1)C2.